The molecule has 10 nitrogen and oxygen atoms in total. The number of unbranched alkanes of at least 4 members (excludes halogenated alkanes) is 3. The fourth-order valence-corrected chi connectivity index (χ4v) is 7.89. The zero-order valence-corrected chi connectivity index (χ0v) is 31.3. The van der Waals surface area contributed by atoms with Crippen molar-refractivity contribution in [1.82, 2.24) is 15.1 Å². The van der Waals surface area contributed by atoms with Gasteiger partial charge in [-0.25, -0.2) is 0 Å². The molecule has 7 rings (SSSR count). The van der Waals surface area contributed by atoms with Gasteiger partial charge in [-0.2, -0.15) is 0 Å². The molecule has 3 aliphatic rings. The lowest BCUT2D eigenvalue weighted by molar-refractivity contribution is -0.136. The number of imide groups is 2. The number of fused-ring (bicyclic) bond motifs is 1. The fraction of sp³-hybridized carbons (Fsp3) is 0.333. The van der Waals surface area contributed by atoms with Crippen LogP contribution in [0.2, 0.25) is 0 Å². The molecule has 3 aliphatic heterocycles. The number of nitrogens with zero attached hydrogens (tertiary/aromatic N) is 3. The van der Waals surface area contributed by atoms with Gasteiger partial charge in [0.05, 0.1) is 17.7 Å². The summed E-state index contributed by atoms with van der Waals surface area (Å²) in [4.78, 5) is 56.0. The van der Waals surface area contributed by atoms with Crippen molar-refractivity contribution in [1.29, 1.82) is 0 Å². The number of rotatable bonds is 14. The van der Waals surface area contributed by atoms with Gasteiger partial charge in [-0.1, -0.05) is 74.4 Å². The number of carbonyl (C=O) groups excluding carboxylic acids is 4. The van der Waals surface area contributed by atoms with Gasteiger partial charge in [0.25, 0.3) is 11.8 Å². The third-order valence-corrected chi connectivity index (χ3v) is 10.9. The lowest BCUT2D eigenvalue weighted by atomic mass is 9.88. The van der Waals surface area contributed by atoms with Crippen LogP contribution in [-0.4, -0.2) is 83.9 Å². The second-order valence-electron chi connectivity index (χ2n) is 14.4. The van der Waals surface area contributed by atoms with Crippen LogP contribution in [0.15, 0.2) is 97.1 Å². The van der Waals surface area contributed by atoms with Crippen LogP contribution in [0.3, 0.4) is 0 Å². The monoisotopic (exact) mass is 740 g/mol. The predicted molar refractivity (Wildman–Crippen MR) is 213 cm³/mol. The fourth-order valence-electron chi connectivity index (χ4n) is 7.89. The van der Waals surface area contributed by atoms with Gasteiger partial charge >= 0.3 is 0 Å². The van der Waals surface area contributed by atoms with E-state index >= 15 is 0 Å². The molecule has 2 N–H and O–H groups in total. The summed E-state index contributed by atoms with van der Waals surface area (Å²) in [6.07, 6.45) is 5.45. The Morgan fingerprint density at radius 3 is 2.11 bits per heavy atom. The summed E-state index contributed by atoms with van der Waals surface area (Å²) in [5.74, 6) is -0.834. The summed E-state index contributed by atoms with van der Waals surface area (Å²) in [7, 11) is 0. The Hall–Kier alpha value is -5.74. The Labute approximate surface area is 322 Å². The molecule has 3 heterocycles. The number of amides is 4. The standard InChI is InChI=1S/C45H48N4O6/c1-2-37(31-10-6-5-7-11-31)42(32-12-17-35(50)18-13-32)33-14-19-36(20-15-33)55-29-9-4-3-8-24-47-25-27-48(28-26-47)34-16-21-38-39(30-34)45(54)49(44(38)53)40-22-23-41(51)46-43(40)52/h5-7,10-21,30,40,50H,2-4,8-9,22-29H2,1H3,(H,46,51,52). The number of allylic oxidation sites excluding steroid dienone is 1. The molecule has 4 aromatic carbocycles. The highest BCUT2D eigenvalue weighted by Crippen LogP contribution is 2.36. The Kier molecular flexibility index (Phi) is 11.7. The average molecular weight is 741 g/mol. The van der Waals surface area contributed by atoms with Crippen LogP contribution in [0.1, 0.15) is 89.3 Å². The second kappa shape index (κ2) is 17.2. The van der Waals surface area contributed by atoms with Crippen LogP contribution in [-0.2, 0) is 9.59 Å². The van der Waals surface area contributed by atoms with Gasteiger partial charge in [0, 0.05) is 38.3 Å². The molecule has 0 spiro atoms. The number of hydrogen-bond acceptors (Lipinski definition) is 8. The van der Waals surface area contributed by atoms with E-state index in [0.717, 1.165) is 97.9 Å². The maximum atomic E-state index is 13.3. The molecule has 0 aliphatic carbocycles. The van der Waals surface area contributed by atoms with Gasteiger partial charge in [0.1, 0.15) is 17.5 Å². The average Bonchev–Trinajstić information content (AvgIpc) is 3.45. The zero-order valence-electron chi connectivity index (χ0n) is 31.3. The predicted octanol–water partition coefficient (Wildman–Crippen LogP) is 6.92. The van der Waals surface area contributed by atoms with E-state index in [0.29, 0.717) is 17.7 Å². The van der Waals surface area contributed by atoms with E-state index in [1.54, 1.807) is 24.3 Å². The van der Waals surface area contributed by atoms with Crippen LogP contribution >= 0.6 is 0 Å². The van der Waals surface area contributed by atoms with Crippen molar-refractivity contribution >= 4 is 40.5 Å². The first kappa shape index (κ1) is 37.6. The van der Waals surface area contributed by atoms with Gasteiger partial charge < -0.3 is 14.7 Å². The van der Waals surface area contributed by atoms with E-state index < -0.39 is 23.8 Å². The molecule has 10 heteroatoms. The van der Waals surface area contributed by atoms with Crippen molar-refractivity contribution in [2.45, 2.75) is 57.9 Å². The number of anilines is 1. The minimum absolute atomic E-state index is 0.100. The number of piperazine rings is 1. The molecule has 2 saturated heterocycles. The topological polar surface area (TPSA) is 119 Å². The highest BCUT2D eigenvalue weighted by Gasteiger charge is 2.44. The molecule has 1 unspecified atom stereocenters. The number of aromatic hydroxyl groups is 1. The number of carbonyl (C=O) groups is 4. The molecular formula is C45H48N4O6. The van der Waals surface area contributed by atoms with Crippen LogP contribution in [0.4, 0.5) is 5.69 Å². The maximum absolute atomic E-state index is 13.3. The Bertz CT molecular complexity index is 2050. The number of hydrogen-bond donors (Lipinski definition) is 2. The van der Waals surface area contributed by atoms with Crippen LogP contribution < -0.4 is 15.0 Å². The first-order valence-electron chi connectivity index (χ1n) is 19.4. The van der Waals surface area contributed by atoms with Gasteiger partial charge in [0.15, 0.2) is 0 Å². The molecule has 0 saturated carbocycles. The molecule has 0 bridgehead atoms. The summed E-state index contributed by atoms with van der Waals surface area (Å²) in [6.45, 7) is 7.36. The number of ether oxygens (including phenoxy) is 1. The lowest BCUT2D eigenvalue weighted by Gasteiger charge is -2.36. The van der Waals surface area contributed by atoms with Gasteiger partial charge in [-0.05, 0) is 103 Å². The number of nitrogens with one attached hydrogen (secondary N) is 1. The molecule has 0 aromatic heterocycles. The quantitative estimate of drug-likeness (QED) is 0.0813. The first-order chi connectivity index (χ1) is 26.8. The van der Waals surface area contributed by atoms with Gasteiger partial charge in [0.2, 0.25) is 11.8 Å². The van der Waals surface area contributed by atoms with Crippen molar-refractivity contribution in [2.75, 3.05) is 44.2 Å². The molecule has 55 heavy (non-hydrogen) atoms. The normalized spacial score (nSPS) is 17.9. The van der Waals surface area contributed by atoms with E-state index in [4.69, 9.17) is 4.74 Å². The van der Waals surface area contributed by atoms with E-state index in [1.807, 2.05) is 36.4 Å². The molecule has 1 atom stereocenters. The Morgan fingerprint density at radius 1 is 0.745 bits per heavy atom. The minimum Gasteiger partial charge on any atom is -0.508 e. The first-order valence-corrected chi connectivity index (χ1v) is 19.4. The molecule has 4 aromatic rings. The summed E-state index contributed by atoms with van der Waals surface area (Å²) in [5.41, 5.74) is 7.27. The van der Waals surface area contributed by atoms with E-state index in [-0.39, 0.29) is 24.5 Å². The van der Waals surface area contributed by atoms with Crippen molar-refractivity contribution in [3.63, 3.8) is 0 Å². The van der Waals surface area contributed by atoms with Crippen LogP contribution in [0, 0.1) is 0 Å². The molecule has 2 fully saturated rings. The SMILES string of the molecule is CCC(=C(c1ccc(O)cc1)c1ccc(OCCCCCCN2CCN(c3ccc4c(c3)C(=O)N(C3CCC(=O)NC3=O)C4=O)CC2)cc1)c1ccccc1. The van der Waals surface area contributed by atoms with E-state index in [1.165, 1.54) is 11.1 Å². The summed E-state index contributed by atoms with van der Waals surface area (Å²) in [5, 5.41) is 12.2. The zero-order chi connectivity index (χ0) is 38.3. The number of benzene rings is 4. The maximum Gasteiger partial charge on any atom is 0.262 e. The lowest BCUT2D eigenvalue weighted by Crippen LogP contribution is -2.54. The van der Waals surface area contributed by atoms with Gasteiger partial charge in [-0.3, -0.25) is 34.3 Å². The highest BCUT2D eigenvalue weighted by molar-refractivity contribution is 6.23. The van der Waals surface area contributed by atoms with Crippen molar-refractivity contribution < 1.29 is 29.0 Å². The van der Waals surface area contributed by atoms with Crippen LogP contribution in [0.5, 0.6) is 11.5 Å². The molecule has 0 radical (unpaired) electrons. The number of phenolic OH excluding ortho intramolecular Hbond substituents is 1. The minimum atomic E-state index is -0.961. The second-order valence-corrected chi connectivity index (χ2v) is 14.4. The molecule has 284 valence electrons. The van der Waals surface area contributed by atoms with E-state index in [2.05, 4.69) is 58.4 Å². The van der Waals surface area contributed by atoms with Crippen molar-refractivity contribution in [3.05, 3.63) is 125 Å². The third kappa shape index (κ3) is 8.49. The van der Waals surface area contributed by atoms with E-state index in [9.17, 15) is 24.3 Å². The number of piperidine rings is 1. The van der Waals surface area contributed by atoms with Crippen molar-refractivity contribution in [2.24, 2.45) is 0 Å². The largest absolute Gasteiger partial charge is 0.508 e. The summed E-state index contributed by atoms with van der Waals surface area (Å²) >= 11 is 0. The summed E-state index contributed by atoms with van der Waals surface area (Å²) in [6, 6.07) is 30.6. The Balaban J connectivity index is 0.839. The third-order valence-electron chi connectivity index (χ3n) is 10.9. The molecular weight excluding hydrogens is 693 g/mol. The highest BCUT2D eigenvalue weighted by atomic mass is 16.5. The summed E-state index contributed by atoms with van der Waals surface area (Å²) < 4.78 is 6.13. The smallest absolute Gasteiger partial charge is 0.262 e. The molecule has 4 amide bonds. The Morgan fingerprint density at radius 2 is 1.42 bits per heavy atom. The van der Waals surface area contributed by atoms with Crippen LogP contribution in [0.25, 0.3) is 11.1 Å². The number of phenols is 1. The van der Waals surface area contributed by atoms with Crippen molar-refractivity contribution in [3.8, 4) is 11.5 Å². The van der Waals surface area contributed by atoms with Gasteiger partial charge in [-0.15, -0.1) is 0 Å².